The summed E-state index contributed by atoms with van der Waals surface area (Å²) in [6.45, 7) is 3.79. The molecule has 2 aromatic rings. The van der Waals surface area contributed by atoms with Gasteiger partial charge in [-0.05, 0) is 43.2 Å². The Morgan fingerprint density at radius 1 is 0.964 bits per heavy atom. The number of rotatable bonds is 6. The van der Waals surface area contributed by atoms with Gasteiger partial charge in [0, 0.05) is 11.3 Å². The van der Waals surface area contributed by atoms with Gasteiger partial charge in [-0.25, -0.2) is 5.43 Å². The van der Waals surface area contributed by atoms with Crippen molar-refractivity contribution < 1.29 is 23.8 Å². The summed E-state index contributed by atoms with van der Waals surface area (Å²) in [5.74, 6) is -0.357. The van der Waals surface area contributed by atoms with E-state index >= 15 is 0 Å². The standard InChI is InChI=1S/C20H23N3O5/c1-12-7-6-8-15(13(12)2)22-19(24)20(25)23-21-11-14-9-16(26-3)18(28-5)17(10-14)27-4/h6-11H,1-5H3,(H,22,24)(H,23,25)/b21-11+. The highest BCUT2D eigenvalue weighted by Gasteiger charge is 2.15. The van der Waals surface area contributed by atoms with Crippen LogP contribution >= 0.6 is 0 Å². The van der Waals surface area contributed by atoms with Crippen LogP contribution in [0.4, 0.5) is 5.69 Å². The Morgan fingerprint density at radius 2 is 1.61 bits per heavy atom. The Hall–Kier alpha value is -3.55. The SMILES string of the molecule is COc1cc(/C=N/NC(=O)C(=O)Nc2cccc(C)c2C)cc(OC)c1OC. The van der Waals surface area contributed by atoms with Crippen molar-refractivity contribution >= 4 is 23.7 Å². The average Bonchev–Trinajstić information content (AvgIpc) is 2.70. The van der Waals surface area contributed by atoms with E-state index in [2.05, 4.69) is 15.8 Å². The number of anilines is 1. The molecule has 2 rings (SSSR count). The zero-order valence-corrected chi connectivity index (χ0v) is 16.5. The fraction of sp³-hybridized carbons (Fsp3) is 0.250. The fourth-order valence-electron chi connectivity index (χ4n) is 2.46. The van der Waals surface area contributed by atoms with Gasteiger partial charge in [0.25, 0.3) is 0 Å². The molecule has 2 amide bonds. The van der Waals surface area contributed by atoms with Gasteiger partial charge in [-0.2, -0.15) is 5.10 Å². The molecule has 0 aromatic heterocycles. The second-order valence-corrected chi connectivity index (χ2v) is 5.86. The monoisotopic (exact) mass is 385 g/mol. The number of aryl methyl sites for hydroxylation is 1. The molecule has 0 saturated heterocycles. The summed E-state index contributed by atoms with van der Waals surface area (Å²) in [6.07, 6.45) is 1.37. The molecule has 0 atom stereocenters. The highest BCUT2D eigenvalue weighted by atomic mass is 16.5. The average molecular weight is 385 g/mol. The second kappa shape index (κ2) is 9.40. The minimum Gasteiger partial charge on any atom is -0.493 e. The molecular formula is C20H23N3O5. The zero-order valence-electron chi connectivity index (χ0n) is 16.5. The molecule has 0 unspecified atom stereocenters. The fourth-order valence-corrected chi connectivity index (χ4v) is 2.46. The molecule has 148 valence electrons. The first-order chi connectivity index (χ1) is 13.4. The van der Waals surface area contributed by atoms with Crippen molar-refractivity contribution in [2.24, 2.45) is 5.10 Å². The van der Waals surface area contributed by atoms with E-state index in [9.17, 15) is 9.59 Å². The first kappa shape index (κ1) is 20.8. The molecule has 0 aliphatic rings. The summed E-state index contributed by atoms with van der Waals surface area (Å²) in [7, 11) is 4.50. The smallest absolute Gasteiger partial charge is 0.329 e. The van der Waals surface area contributed by atoms with E-state index in [4.69, 9.17) is 14.2 Å². The normalized spacial score (nSPS) is 10.5. The molecule has 28 heavy (non-hydrogen) atoms. The van der Waals surface area contributed by atoms with E-state index in [1.807, 2.05) is 19.9 Å². The molecule has 0 aliphatic heterocycles. The van der Waals surface area contributed by atoms with Crippen LogP contribution in [0.3, 0.4) is 0 Å². The molecule has 2 N–H and O–H groups in total. The first-order valence-corrected chi connectivity index (χ1v) is 8.41. The lowest BCUT2D eigenvalue weighted by Gasteiger charge is -2.12. The molecule has 0 spiro atoms. The highest BCUT2D eigenvalue weighted by Crippen LogP contribution is 2.37. The molecule has 8 heteroatoms. The maximum Gasteiger partial charge on any atom is 0.329 e. The third-order valence-corrected chi connectivity index (χ3v) is 4.13. The lowest BCUT2D eigenvalue weighted by atomic mass is 10.1. The van der Waals surface area contributed by atoms with Crippen LogP contribution in [0.15, 0.2) is 35.4 Å². The van der Waals surface area contributed by atoms with Crippen LogP contribution in [0.25, 0.3) is 0 Å². The van der Waals surface area contributed by atoms with Crippen molar-refractivity contribution in [3.05, 3.63) is 47.0 Å². The summed E-state index contributed by atoms with van der Waals surface area (Å²) >= 11 is 0. The van der Waals surface area contributed by atoms with Gasteiger partial charge in [-0.15, -0.1) is 0 Å². The largest absolute Gasteiger partial charge is 0.493 e. The molecule has 0 saturated carbocycles. The van der Waals surface area contributed by atoms with Gasteiger partial charge >= 0.3 is 11.8 Å². The van der Waals surface area contributed by atoms with Crippen LogP contribution in [0.2, 0.25) is 0 Å². The Balaban J connectivity index is 2.06. The Labute approximate surface area is 163 Å². The molecule has 0 bridgehead atoms. The molecule has 2 aromatic carbocycles. The van der Waals surface area contributed by atoms with Crippen LogP contribution in [0, 0.1) is 13.8 Å². The second-order valence-electron chi connectivity index (χ2n) is 5.86. The Bertz CT molecular complexity index is 884. The number of hydrogen-bond donors (Lipinski definition) is 2. The number of carbonyl (C=O) groups excluding carboxylic acids is 2. The zero-order chi connectivity index (χ0) is 20.7. The van der Waals surface area contributed by atoms with Gasteiger partial charge in [-0.1, -0.05) is 12.1 Å². The van der Waals surface area contributed by atoms with E-state index in [1.165, 1.54) is 27.5 Å². The predicted molar refractivity (Wildman–Crippen MR) is 106 cm³/mol. The van der Waals surface area contributed by atoms with E-state index in [0.29, 0.717) is 28.5 Å². The van der Waals surface area contributed by atoms with Crippen LogP contribution in [0.1, 0.15) is 16.7 Å². The predicted octanol–water partition coefficient (Wildman–Crippen LogP) is 2.42. The first-order valence-electron chi connectivity index (χ1n) is 8.41. The number of nitrogens with one attached hydrogen (secondary N) is 2. The molecule has 8 nitrogen and oxygen atoms in total. The number of carbonyl (C=O) groups is 2. The number of benzene rings is 2. The summed E-state index contributed by atoms with van der Waals surface area (Å²) in [5, 5.41) is 6.38. The summed E-state index contributed by atoms with van der Waals surface area (Å²) < 4.78 is 15.8. The number of hydrazone groups is 1. The van der Waals surface area contributed by atoms with Crippen LogP contribution in [-0.4, -0.2) is 39.4 Å². The van der Waals surface area contributed by atoms with E-state index in [1.54, 1.807) is 24.3 Å². The lowest BCUT2D eigenvalue weighted by molar-refractivity contribution is -0.136. The van der Waals surface area contributed by atoms with Gasteiger partial charge in [0.15, 0.2) is 11.5 Å². The summed E-state index contributed by atoms with van der Waals surface area (Å²) in [4.78, 5) is 24.0. The van der Waals surface area contributed by atoms with Gasteiger partial charge in [0.2, 0.25) is 5.75 Å². The molecule has 0 heterocycles. The molecule has 0 radical (unpaired) electrons. The molecule has 0 aliphatic carbocycles. The number of hydrogen-bond acceptors (Lipinski definition) is 6. The van der Waals surface area contributed by atoms with Crippen molar-refractivity contribution in [1.29, 1.82) is 0 Å². The van der Waals surface area contributed by atoms with E-state index in [0.717, 1.165) is 11.1 Å². The quantitative estimate of drug-likeness (QED) is 0.452. The van der Waals surface area contributed by atoms with Crippen molar-refractivity contribution in [1.82, 2.24) is 5.43 Å². The van der Waals surface area contributed by atoms with E-state index < -0.39 is 11.8 Å². The summed E-state index contributed by atoms with van der Waals surface area (Å²) in [6, 6.07) is 8.78. The highest BCUT2D eigenvalue weighted by molar-refractivity contribution is 6.39. The van der Waals surface area contributed by atoms with Gasteiger partial charge in [0.1, 0.15) is 0 Å². The molecular weight excluding hydrogens is 362 g/mol. The van der Waals surface area contributed by atoms with Crippen LogP contribution < -0.4 is 25.0 Å². The van der Waals surface area contributed by atoms with Crippen LogP contribution in [-0.2, 0) is 9.59 Å². The number of amides is 2. The van der Waals surface area contributed by atoms with Crippen molar-refractivity contribution in [2.75, 3.05) is 26.6 Å². The Kier molecular flexibility index (Phi) is 6.97. The van der Waals surface area contributed by atoms with E-state index in [-0.39, 0.29) is 0 Å². The maximum atomic E-state index is 12.0. The topological polar surface area (TPSA) is 98.2 Å². The van der Waals surface area contributed by atoms with Crippen molar-refractivity contribution in [2.45, 2.75) is 13.8 Å². The van der Waals surface area contributed by atoms with Crippen molar-refractivity contribution in [3.8, 4) is 17.2 Å². The third kappa shape index (κ3) is 4.79. The number of ether oxygens (including phenoxy) is 3. The van der Waals surface area contributed by atoms with Gasteiger partial charge in [-0.3, -0.25) is 9.59 Å². The Morgan fingerprint density at radius 3 is 2.18 bits per heavy atom. The minimum absolute atomic E-state index is 0.444. The van der Waals surface area contributed by atoms with Crippen LogP contribution in [0.5, 0.6) is 17.2 Å². The summed E-state index contributed by atoms with van der Waals surface area (Å²) in [5.41, 5.74) is 5.27. The maximum absolute atomic E-state index is 12.0. The minimum atomic E-state index is -0.885. The van der Waals surface area contributed by atoms with Crippen molar-refractivity contribution in [3.63, 3.8) is 0 Å². The number of nitrogens with zero attached hydrogens (tertiary/aromatic N) is 1. The van der Waals surface area contributed by atoms with Gasteiger partial charge < -0.3 is 19.5 Å². The number of methoxy groups -OCH3 is 3. The third-order valence-electron chi connectivity index (χ3n) is 4.13. The molecule has 0 fully saturated rings. The van der Waals surface area contributed by atoms with Gasteiger partial charge in [0.05, 0.1) is 27.5 Å². The lowest BCUT2D eigenvalue weighted by Crippen LogP contribution is -2.32.